The zero-order valence-electron chi connectivity index (χ0n) is 10.7. The van der Waals surface area contributed by atoms with Crippen LogP contribution in [0.1, 0.15) is 12.5 Å². The normalized spacial score (nSPS) is 10.4. The highest BCUT2D eigenvalue weighted by molar-refractivity contribution is 9.10. The van der Waals surface area contributed by atoms with Gasteiger partial charge < -0.3 is 10.6 Å². The van der Waals surface area contributed by atoms with Gasteiger partial charge in [0.05, 0.1) is 5.69 Å². The first-order chi connectivity index (χ1) is 8.63. The number of aryl methyl sites for hydroxylation is 1. The van der Waals surface area contributed by atoms with Gasteiger partial charge in [-0.3, -0.25) is 0 Å². The first-order valence-corrected chi connectivity index (χ1v) is 6.81. The Bertz CT molecular complexity index is 552. The molecule has 2 N–H and O–H groups in total. The molecule has 0 spiro atoms. The Morgan fingerprint density at radius 3 is 2.44 bits per heavy atom. The van der Waals surface area contributed by atoms with Crippen LogP contribution in [-0.4, -0.2) is 6.54 Å². The van der Waals surface area contributed by atoms with Crippen molar-refractivity contribution in [2.45, 2.75) is 13.8 Å². The maximum Gasteiger partial charge on any atom is 0.0556 e. The molecule has 2 nitrogen and oxygen atoms in total. The summed E-state index contributed by atoms with van der Waals surface area (Å²) >= 11 is 3.59. The number of nitrogen functional groups attached to an aromatic ring is 1. The number of hydrogen-bond donors (Lipinski definition) is 1. The van der Waals surface area contributed by atoms with Crippen molar-refractivity contribution in [3.8, 4) is 0 Å². The Balaban J connectivity index is 2.49. The van der Waals surface area contributed by atoms with Crippen molar-refractivity contribution in [2.24, 2.45) is 0 Å². The van der Waals surface area contributed by atoms with Crippen molar-refractivity contribution in [3.05, 3.63) is 52.5 Å². The maximum atomic E-state index is 5.79. The van der Waals surface area contributed by atoms with Gasteiger partial charge in [-0.1, -0.05) is 18.2 Å². The van der Waals surface area contributed by atoms with E-state index >= 15 is 0 Å². The summed E-state index contributed by atoms with van der Waals surface area (Å²) in [5.41, 5.74) is 10.2. The molecule has 0 aromatic heterocycles. The third-order valence-electron chi connectivity index (χ3n) is 2.99. The van der Waals surface area contributed by atoms with E-state index in [0.717, 1.165) is 22.4 Å². The van der Waals surface area contributed by atoms with Gasteiger partial charge in [0, 0.05) is 22.4 Å². The zero-order chi connectivity index (χ0) is 13.1. The topological polar surface area (TPSA) is 29.3 Å². The molecule has 0 radical (unpaired) electrons. The molecule has 0 saturated carbocycles. The summed E-state index contributed by atoms with van der Waals surface area (Å²) in [7, 11) is 0. The average molecular weight is 305 g/mol. The fourth-order valence-corrected chi connectivity index (χ4v) is 2.69. The summed E-state index contributed by atoms with van der Waals surface area (Å²) in [5.74, 6) is 0. The molecule has 3 heteroatoms. The van der Waals surface area contributed by atoms with E-state index in [0.29, 0.717) is 0 Å². The smallest absolute Gasteiger partial charge is 0.0556 e. The summed E-state index contributed by atoms with van der Waals surface area (Å²) in [6.45, 7) is 5.19. The number of hydrogen-bond acceptors (Lipinski definition) is 2. The molecule has 0 aliphatic heterocycles. The van der Waals surface area contributed by atoms with Crippen LogP contribution < -0.4 is 10.6 Å². The van der Waals surface area contributed by atoms with Crippen LogP contribution in [0.4, 0.5) is 17.1 Å². The van der Waals surface area contributed by atoms with E-state index in [4.69, 9.17) is 5.73 Å². The quantitative estimate of drug-likeness (QED) is 0.846. The summed E-state index contributed by atoms with van der Waals surface area (Å²) in [6, 6.07) is 14.3. The lowest BCUT2D eigenvalue weighted by Gasteiger charge is -2.26. The van der Waals surface area contributed by atoms with E-state index in [1.807, 2.05) is 12.1 Å². The minimum Gasteiger partial charge on any atom is -0.399 e. The van der Waals surface area contributed by atoms with Crippen LogP contribution in [0.2, 0.25) is 0 Å². The minimum absolute atomic E-state index is 0.770. The van der Waals surface area contributed by atoms with Crippen LogP contribution >= 0.6 is 15.9 Å². The lowest BCUT2D eigenvalue weighted by atomic mass is 10.1. The molecule has 0 bridgehead atoms. The predicted molar refractivity (Wildman–Crippen MR) is 82.4 cm³/mol. The third-order valence-corrected chi connectivity index (χ3v) is 3.62. The number of benzene rings is 2. The second-order valence-electron chi connectivity index (χ2n) is 4.24. The molecular weight excluding hydrogens is 288 g/mol. The second-order valence-corrected chi connectivity index (χ2v) is 5.10. The van der Waals surface area contributed by atoms with Crippen LogP contribution in [-0.2, 0) is 0 Å². The lowest BCUT2D eigenvalue weighted by Crippen LogP contribution is -2.17. The van der Waals surface area contributed by atoms with Crippen molar-refractivity contribution in [1.29, 1.82) is 0 Å². The molecule has 2 rings (SSSR count). The molecule has 18 heavy (non-hydrogen) atoms. The number of halogens is 1. The van der Waals surface area contributed by atoms with Crippen LogP contribution in [0, 0.1) is 6.92 Å². The SMILES string of the molecule is CCN(c1ccccc1C)c1ccc(N)cc1Br. The van der Waals surface area contributed by atoms with E-state index < -0.39 is 0 Å². The van der Waals surface area contributed by atoms with Gasteiger partial charge in [-0.15, -0.1) is 0 Å². The van der Waals surface area contributed by atoms with Crippen molar-refractivity contribution < 1.29 is 0 Å². The fraction of sp³-hybridized carbons (Fsp3) is 0.200. The van der Waals surface area contributed by atoms with Gasteiger partial charge in [0.25, 0.3) is 0 Å². The number of nitrogens with zero attached hydrogens (tertiary/aromatic N) is 1. The van der Waals surface area contributed by atoms with Gasteiger partial charge in [0.1, 0.15) is 0 Å². The van der Waals surface area contributed by atoms with Gasteiger partial charge in [-0.2, -0.15) is 0 Å². The molecule has 0 unspecified atom stereocenters. The fourth-order valence-electron chi connectivity index (χ4n) is 2.08. The summed E-state index contributed by atoms with van der Waals surface area (Å²) in [5, 5.41) is 0. The van der Waals surface area contributed by atoms with Gasteiger partial charge >= 0.3 is 0 Å². The number of anilines is 3. The number of nitrogens with two attached hydrogens (primary N) is 1. The molecule has 2 aromatic carbocycles. The van der Waals surface area contributed by atoms with E-state index in [2.05, 4.69) is 65.0 Å². The molecule has 0 fully saturated rings. The third kappa shape index (κ3) is 2.51. The highest BCUT2D eigenvalue weighted by Crippen LogP contribution is 2.34. The number of rotatable bonds is 3. The van der Waals surface area contributed by atoms with Crippen molar-refractivity contribution in [1.82, 2.24) is 0 Å². The summed E-state index contributed by atoms with van der Waals surface area (Å²) < 4.78 is 1.02. The van der Waals surface area contributed by atoms with Gasteiger partial charge in [-0.25, -0.2) is 0 Å². The zero-order valence-corrected chi connectivity index (χ0v) is 12.2. The van der Waals surface area contributed by atoms with E-state index in [-0.39, 0.29) is 0 Å². The Kier molecular flexibility index (Phi) is 3.92. The van der Waals surface area contributed by atoms with Crippen LogP contribution in [0.25, 0.3) is 0 Å². The second kappa shape index (κ2) is 5.44. The van der Waals surface area contributed by atoms with Crippen molar-refractivity contribution >= 4 is 33.0 Å². The number of para-hydroxylation sites is 1. The monoisotopic (exact) mass is 304 g/mol. The predicted octanol–water partition coefficient (Wildman–Crippen LogP) is 4.50. The molecule has 0 aliphatic rings. The van der Waals surface area contributed by atoms with Gasteiger partial charge in [0.15, 0.2) is 0 Å². The summed E-state index contributed by atoms with van der Waals surface area (Å²) in [6.07, 6.45) is 0. The Morgan fingerprint density at radius 2 is 1.83 bits per heavy atom. The van der Waals surface area contributed by atoms with E-state index in [9.17, 15) is 0 Å². The maximum absolute atomic E-state index is 5.79. The van der Waals surface area contributed by atoms with Crippen LogP contribution in [0.15, 0.2) is 46.9 Å². The average Bonchev–Trinajstić information content (AvgIpc) is 2.34. The molecule has 0 aliphatic carbocycles. The van der Waals surface area contributed by atoms with Crippen molar-refractivity contribution in [2.75, 3.05) is 17.2 Å². The molecule has 2 aromatic rings. The van der Waals surface area contributed by atoms with Gasteiger partial charge in [0.2, 0.25) is 0 Å². The van der Waals surface area contributed by atoms with Crippen molar-refractivity contribution in [3.63, 3.8) is 0 Å². The highest BCUT2D eigenvalue weighted by atomic mass is 79.9. The molecular formula is C15H17BrN2. The lowest BCUT2D eigenvalue weighted by molar-refractivity contribution is 1.01. The first-order valence-electron chi connectivity index (χ1n) is 6.01. The van der Waals surface area contributed by atoms with Crippen LogP contribution in [0.3, 0.4) is 0 Å². The van der Waals surface area contributed by atoms with E-state index in [1.165, 1.54) is 11.3 Å². The molecule has 0 atom stereocenters. The largest absolute Gasteiger partial charge is 0.399 e. The first kappa shape index (κ1) is 13.0. The Labute approximate surface area is 117 Å². The molecule has 94 valence electrons. The van der Waals surface area contributed by atoms with Gasteiger partial charge in [-0.05, 0) is 59.6 Å². The van der Waals surface area contributed by atoms with Crippen LogP contribution in [0.5, 0.6) is 0 Å². The summed E-state index contributed by atoms with van der Waals surface area (Å²) in [4.78, 5) is 2.28. The molecule has 0 heterocycles. The molecule has 0 saturated heterocycles. The Morgan fingerprint density at radius 1 is 1.11 bits per heavy atom. The Hall–Kier alpha value is -1.48. The standard InChI is InChI=1S/C15H17BrN2/c1-3-18(14-7-5-4-6-11(14)2)15-9-8-12(17)10-13(15)16/h4-10H,3,17H2,1-2H3. The van der Waals surface area contributed by atoms with E-state index in [1.54, 1.807) is 0 Å². The minimum atomic E-state index is 0.770. The molecule has 0 amide bonds. The highest BCUT2D eigenvalue weighted by Gasteiger charge is 2.12.